The molecule has 0 radical (unpaired) electrons. The smallest absolute Gasteiger partial charge is 0.343 e. The molecule has 0 aliphatic heterocycles. The van der Waals surface area contributed by atoms with Crippen molar-refractivity contribution in [3.8, 4) is 28.7 Å². The molecule has 3 aromatic carbocycles. The van der Waals surface area contributed by atoms with Gasteiger partial charge in [-0.3, -0.25) is 4.79 Å². The Kier molecular flexibility index (Phi) is 10.3. The lowest BCUT2D eigenvalue weighted by Crippen LogP contribution is -2.24. The Morgan fingerprint density at radius 3 is 2.19 bits per heavy atom. The van der Waals surface area contributed by atoms with Gasteiger partial charge in [-0.25, -0.2) is 10.2 Å². The average Bonchev–Trinajstić information content (AvgIpc) is 2.92. The monoisotopic (exact) mass is 506 g/mol. The van der Waals surface area contributed by atoms with Crippen LogP contribution >= 0.6 is 0 Å². The Balaban J connectivity index is 1.56. The van der Waals surface area contributed by atoms with E-state index in [1.807, 2.05) is 13.8 Å². The molecule has 0 spiro atoms. The van der Waals surface area contributed by atoms with Crippen molar-refractivity contribution in [3.63, 3.8) is 0 Å². The van der Waals surface area contributed by atoms with E-state index < -0.39 is 11.9 Å². The molecule has 0 bridgehead atoms. The first-order valence-corrected chi connectivity index (χ1v) is 11.8. The molecule has 9 heteroatoms. The third-order valence-corrected chi connectivity index (χ3v) is 4.87. The number of esters is 1. The molecule has 0 saturated heterocycles. The van der Waals surface area contributed by atoms with Crippen molar-refractivity contribution < 1.29 is 33.3 Å². The third kappa shape index (κ3) is 8.57. The maximum atomic E-state index is 12.6. The molecule has 3 aromatic rings. The predicted molar refractivity (Wildman–Crippen MR) is 139 cm³/mol. The predicted octanol–water partition coefficient (Wildman–Crippen LogP) is 4.63. The zero-order chi connectivity index (χ0) is 26.5. The lowest BCUT2D eigenvalue weighted by Gasteiger charge is -2.12. The van der Waals surface area contributed by atoms with Crippen LogP contribution in [0.15, 0.2) is 71.8 Å². The van der Waals surface area contributed by atoms with Crippen LogP contribution in [0, 0.1) is 0 Å². The second-order valence-corrected chi connectivity index (χ2v) is 7.66. The van der Waals surface area contributed by atoms with Gasteiger partial charge in [0.15, 0.2) is 18.1 Å². The number of hydrazone groups is 1. The SMILES string of the molecule is CCCOc1ccc(C(=O)Oc2ccc(C=NNC(=O)COc3ccc(OC)cc3)cc2OCC)cc1. The molecule has 3 rings (SSSR count). The number of hydrogen-bond donors (Lipinski definition) is 1. The lowest BCUT2D eigenvalue weighted by atomic mass is 10.2. The maximum Gasteiger partial charge on any atom is 0.343 e. The Labute approximate surface area is 216 Å². The number of hydrogen-bond acceptors (Lipinski definition) is 8. The van der Waals surface area contributed by atoms with Gasteiger partial charge < -0.3 is 23.7 Å². The van der Waals surface area contributed by atoms with Gasteiger partial charge in [0.2, 0.25) is 0 Å². The zero-order valence-electron chi connectivity index (χ0n) is 21.1. The van der Waals surface area contributed by atoms with E-state index in [1.165, 1.54) is 6.21 Å². The molecule has 0 aliphatic carbocycles. The van der Waals surface area contributed by atoms with E-state index in [9.17, 15) is 9.59 Å². The fourth-order valence-corrected chi connectivity index (χ4v) is 3.06. The minimum absolute atomic E-state index is 0.200. The molecule has 0 saturated carbocycles. The van der Waals surface area contributed by atoms with Gasteiger partial charge in [-0.1, -0.05) is 6.92 Å². The van der Waals surface area contributed by atoms with E-state index in [1.54, 1.807) is 73.8 Å². The molecule has 9 nitrogen and oxygen atoms in total. The molecule has 0 aliphatic rings. The van der Waals surface area contributed by atoms with Gasteiger partial charge in [0.25, 0.3) is 5.91 Å². The molecule has 37 heavy (non-hydrogen) atoms. The number of rotatable bonds is 13. The van der Waals surface area contributed by atoms with Crippen molar-refractivity contribution in [2.45, 2.75) is 20.3 Å². The number of amides is 1. The van der Waals surface area contributed by atoms with Crippen molar-refractivity contribution in [2.75, 3.05) is 26.9 Å². The first-order valence-electron chi connectivity index (χ1n) is 11.8. The van der Waals surface area contributed by atoms with Gasteiger partial charge in [-0.2, -0.15) is 5.10 Å². The molecule has 0 aromatic heterocycles. The van der Waals surface area contributed by atoms with Crippen LogP contribution in [0.1, 0.15) is 36.2 Å². The van der Waals surface area contributed by atoms with Crippen molar-refractivity contribution in [1.82, 2.24) is 5.43 Å². The van der Waals surface area contributed by atoms with Gasteiger partial charge in [-0.15, -0.1) is 0 Å². The summed E-state index contributed by atoms with van der Waals surface area (Å²) in [6, 6.07) is 18.6. The normalized spacial score (nSPS) is 10.6. The minimum Gasteiger partial charge on any atom is -0.497 e. The molecule has 1 N–H and O–H groups in total. The van der Waals surface area contributed by atoms with E-state index in [4.69, 9.17) is 23.7 Å². The van der Waals surface area contributed by atoms with E-state index in [2.05, 4.69) is 10.5 Å². The molecule has 0 heterocycles. The maximum absolute atomic E-state index is 12.6. The van der Waals surface area contributed by atoms with Gasteiger partial charge in [0, 0.05) is 0 Å². The summed E-state index contributed by atoms with van der Waals surface area (Å²) in [6.45, 7) is 4.63. The first-order chi connectivity index (χ1) is 18.0. The quantitative estimate of drug-likeness (QED) is 0.156. The topological polar surface area (TPSA) is 105 Å². The lowest BCUT2D eigenvalue weighted by molar-refractivity contribution is -0.123. The molecule has 194 valence electrons. The Morgan fingerprint density at radius 2 is 1.51 bits per heavy atom. The van der Waals surface area contributed by atoms with Crippen molar-refractivity contribution >= 4 is 18.1 Å². The summed E-state index contributed by atoms with van der Waals surface area (Å²) in [5, 5.41) is 3.95. The summed E-state index contributed by atoms with van der Waals surface area (Å²) in [5.74, 6) is 1.62. The molecule has 0 unspecified atom stereocenters. The average molecular weight is 507 g/mol. The molecular weight excluding hydrogens is 476 g/mol. The van der Waals surface area contributed by atoms with Crippen LogP contribution in [-0.2, 0) is 4.79 Å². The Hall–Kier alpha value is -4.53. The van der Waals surface area contributed by atoms with Gasteiger partial charge in [0.05, 0.1) is 32.1 Å². The van der Waals surface area contributed by atoms with Gasteiger partial charge in [-0.05, 0) is 85.6 Å². The largest absolute Gasteiger partial charge is 0.497 e. The molecule has 0 atom stereocenters. The van der Waals surface area contributed by atoms with Crippen LogP contribution in [0.25, 0.3) is 0 Å². The summed E-state index contributed by atoms with van der Waals surface area (Å²) < 4.78 is 27.2. The standard InChI is InChI=1S/C28H30N2O7/c1-4-16-35-23-9-7-21(8-10-23)28(32)37-25-15-6-20(17-26(25)34-5-2)18-29-30-27(31)19-36-24-13-11-22(33-3)12-14-24/h6-15,17-18H,4-5,16,19H2,1-3H3,(H,30,31). The highest BCUT2D eigenvalue weighted by molar-refractivity contribution is 5.92. The van der Waals surface area contributed by atoms with Crippen LogP contribution in [0.5, 0.6) is 28.7 Å². The van der Waals surface area contributed by atoms with Crippen molar-refractivity contribution in [2.24, 2.45) is 5.10 Å². The molecular formula is C28H30N2O7. The number of carbonyl (C=O) groups excluding carboxylic acids is 2. The fourth-order valence-electron chi connectivity index (χ4n) is 3.06. The second-order valence-electron chi connectivity index (χ2n) is 7.66. The summed E-state index contributed by atoms with van der Waals surface area (Å²) in [6.07, 6.45) is 2.35. The number of ether oxygens (including phenoxy) is 5. The van der Waals surface area contributed by atoms with Gasteiger partial charge in [0.1, 0.15) is 17.2 Å². The first kappa shape index (κ1) is 27.1. The zero-order valence-corrected chi connectivity index (χ0v) is 21.1. The van der Waals surface area contributed by atoms with E-state index in [0.717, 1.165) is 6.42 Å². The third-order valence-electron chi connectivity index (χ3n) is 4.87. The summed E-state index contributed by atoms with van der Waals surface area (Å²) >= 11 is 0. The van der Waals surface area contributed by atoms with E-state index >= 15 is 0 Å². The number of nitrogens with one attached hydrogen (secondary N) is 1. The summed E-state index contributed by atoms with van der Waals surface area (Å²) in [7, 11) is 1.57. The summed E-state index contributed by atoms with van der Waals surface area (Å²) in [4.78, 5) is 24.6. The highest BCUT2D eigenvalue weighted by Crippen LogP contribution is 2.29. The van der Waals surface area contributed by atoms with E-state index in [-0.39, 0.29) is 12.4 Å². The molecule has 0 fully saturated rings. The summed E-state index contributed by atoms with van der Waals surface area (Å²) in [5.41, 5.74) is 3.43. The van der Waals surface area contributed by atoms with Crippen LogP contribution < -0.4 is 29.1 Å². The van der Waals surface area contributed by atoms with Crippen molar-refractivity contribution in [1.29, 1.82) is 0 Å². The number of benzene rings is 3. The van der Waals surface area contributed by atoms with Gasteiger partial charge >= 0.3 is 5.97 Å². The number of methoxy groups -OCH3 is 1. The van der Waals surface area contributed by atoms with Crippen LogP contribution in [0.2, 0.25) is 0 Å². The van der Waals surface area contributed by atoms with Crippen LogP contribution in [0.3, 0.4) is 0 Å². The Bertz CT molecular complexity index is 1190. The highest BCUT2D eigenvalue weighted by Gasteiger charge is 2.13. The van der Waals surface area contributed by atoms with E-state index in [0.29, 0.717) is 47.3 Å². The Morgan fingerprint density at radius 1 is 0.838 bits per heavy atom. The molecule has 1 amide bonds. The second kappa shape index (κ2) is 14.1. The minimum atomic E-state index is -0.520. The van der Waals surface area contributed by atoms with Crippen LogP contribution in [-0.4, -0.2) is 45.0 Å². The van der Waals surface area contributed by atoms with Crippen molar-refractivity contribution in [3.05, 3.63) is 77.9 Å². The van der Waals surface area contributed by atoms with Crippen LogP contribution in [0.4, 0.5) is 0 Å². The number of nitrogens with zero attached hydrogens (tertiary/aromatic N) is 1. The highest BCUT2D eigenvalue weighted by atomic mass is 16.6. The number of carbonyl (C=O) groups is 2. The fraction of sp³-hybridized carbons (Fsp3) is 0.250.